The molecule has 0 spiro atoms. The number of benzene rings is 1. The zero-order chi connectivity index (χ0) is 14.8. The summed E-state index contributed by atoms with van der Waals surface area (Å²) in [5.74, 6) is 0.423. The molecule has 0 aliphatic carbocycles. The Hall–Kier alpha value is -2.57. The number of halogens is 1. The lowest BCUT2D eigenvalue weighted by Gasteiger charge is -2.07. The first-order valence-corrected chi connectivity index (χ1v) is 6.70. The average Bonchev–Trinajstić information content (AvgIpc) is 2.94. The van der Waals surface area contributed by atoms with E-state index in [2.05, 4.69) is 15.2 Å². The van der Waals surface area contributed by atoms with Crippen molar-refractivity contribution in [1.29, 1.82) is 0 Å². The van der Waals surface area contributed by atoms with Gasteiger partial charge in [-0.1, -0.05) is 0 Å². The number of hydrogen-bond acceptors (Lipinski definition) is 4. The highest BCUT2D eigenvalue weighted by molar-refractivity contribution is 5.77. The lowest BCUT2D eigenvalue weighted by molar-refractivity contribution is 0.606. The SMILES string of the molecule is CCn1cnnc1CCn1cnc2cc(F)ccc2c1=O. The molecule has 0 saturated carbocycles. The first-order chi connectivity index (χ1) is 10.2. The van der Waals surface area contributed by atoms with E-state index >= 15 is 0 Å². The van der Waals surface area contributed by atoms with Gasteiger partial charge in [0.2, 0.25) is 0 Å². The number of fused-ring (bicyclic) bond motifs is 1. The average molecular weight is 287 g/mol. The maximum absolute atomic E-state index is 13.1. The Kier molecular flexibility index (Phi) is 3.47. The number of rotatable bonds is 4. The Balaban J connectivity index is 1.89. The molecule has 2 heterocycles. The van der Waals surface area contributed by atoms with Crippen molar-refractivity contribution in [2.75, 3.05) is 0 Å². The van der Waals surface area contributed by atoms with E-state index < -0.39 is 5.82 Å². The lowest BCUT2D eigenvalue weighted by Crippen LogP contribution is -2.22. The standard InChI is InChI=1S/C14H14FN5O/c1-2-19-9-17-18-13(19)5-6-20-8-16-12-7-10(15)3-4-11(12)14(20)21/h3-4,7-9H,2,5-6H2,1H3. The smallest absolute Gasteiger partial charge is 0.261 e. The quantitative estimate of drug-likeness (QED) is 0.727. The minimum atomic E-state index is -0.400. The molecule has 7 heteroatoms. The molecule has 0 N–H and O–H groups in total. The van der Waals surface area contributed by atoms with Crippen molar-refractivity contribution in [1.82, 2.24) is 24.3 Å². The summed E-state index contributed by atoms with van der Waals surface area (Å²) < 4.78 is 16.6. The fraction of sp³-hybridized carbons (Fsp3) is 0.286. The highest BCUT2D eigenvalue weighted by Gasteiger charge is 2.07. The molecule has 6 nitrogen and oxygen atoms in total. The van der Waals surface area contributed by atoms with Crippen LogP contribution in [0.15, 0.2) is 35.6 Å². The number of aromatic nitrogens is 5. The van der Waals surface area contributed by atoms with Gasteiger partial charge in [-0.3, -0.25) is 9.36 Å². The van der Waals surface area contributed by atoms with Crippen LogP contribution in [0.1, 0.15) is 12.7 Å². The Morgan fingerprint density at radius 3 is 2.90 bits per heavy atom. The highest BCUT2D eigenvalue weighted by atomic mass is 19.1. The molecular formula is C14H14FN5O. The van der Waals surface area contributed by atoms with Gasteiger partial charge in [-0.25, -0.2) is 9.37 Å². The van der Waals surface area contributed by atoms with Crippen LogP contribution in [0.2, 0.25) is 0 Å². The van der Waals surface area contributed by atoms with E-state index in [1.54, 1.807) is 6.33 Å². The van der Waals surface area contributed by atoms with Crippen molar-refractivity contribution in [3.8, 4) is 0 Å². The molecule has 0 fully saturated rings. The summed E-state index contributed by atoms with van der Waals surface area (Å²) in [6.45, 7) is 3.25. The Morgan fingerprint density at radius 2 is 2.10 bits per heavy atom. The van der Waals surface area contributed by atoms with Crippen molar-refractivity contribution in [3.63, 3.8) is 0 Å². The van der Waals surface area contributed by atoms with E-state index in [0.717, 1.165) is 12.4 Å². The predicted octanol–water partition coefficient (Wildman–Crippen LogP) is 1.39. The van der Waals surface area contributed by atoms with Crippen LogP contribution in [-0.2, 0) is 19.5 Å². The van der Waals surface area contributed by atoms with Crippen LogP contribution in [0, 0.1) is 5.82 Å². The molecule has 0 radical (unpaired) electrons. The summed E-state index contributed by atoms with van der Waals surface area (Å²) in [5, 5.41) is 8.30. The van der Waals surface area contributed by atoms with Crippen LogP contribution in [-0.4, -0.2) is 24.3 Å². The largest absolute Gasteiger partial charge is 0.318 e. The first kappa shape index (κ1) is 13.4. The van der Waals surface area contributed by atoms with E-state index in [-0.39, 0.29) is 5.56 Å². The van der Waals surface area contributed by atoms with Crippen LogP contribution >= 0.6 is 0 Å². The monoisotopic (exact) mass is 287 g/mol. The summed E-state index contributed by atoms with van der Waals surface area (Å²) in [4.78, 5) is 16.4. The predicted molar refractivity (Wildman–Crippen MR) is 75.4 cm³/mol. The minimum Gasteiger partial charge on any atom is -0.318 e. The van der Waals surface area contributed by atoms with Gasteiger partial charge in [-0.15, -0.1) is 10.2 Å². The zero-order valence-electron chi connectivity index (χ0n) is 11.5. The van der Waals surface area contributed by atoms with Gasteiger partial charge < -0.3 is 4.57 Å². The van der Waals surface area contributed by atoms with Gasteiger partial charge >= 0.3 is 0 Å². The van der Waals surface area contributed by atoms with Crippen LogP contribution in [0.4, 0.5) is 4.39 Å². The molecule has 0 aliphatic heterocycles. The summed E-state index contributed by atoms with van der Waals surface area (Å²) in [6.07, 6.45) is 3.69. The van der Waals surface area contributed by atoms with Gasteiger partial charge in [0.25, 0.3) is 5.56 Å². The molecule has 0 saturated heterocycles. The second kappa shape index (κ2) is 5.43. The highest BCUT2D eigenvalue weighted by Crippen LogP contribution is 2.08. The third-order valence-electron chi connectivity index (χ3n) is 3.40. The number of hydrogen-bond donors (Lipinski definition) is 0. The lowest BCUT2D eigenvalue weighted by atomic mass is 10.2. The van der Waals surface area contributed by atoms with Crippen LogP contribution < -0.4 is 5.56 Å². The normalized spacial score (nSPS) is 11.1. The molecule has 108 valence electrons. The Bertz CT molecular complexity index is 839. The molecule has 2 aromatic heterocycles. The summed E-state index contributed by atoms with van der Waals surface area (Å²) in [7, 11) is 0. The fourth-order valence-corrected chi connectivity index (χ4v) is 2.25. The molecule has 0 amide bonds. The van der Waals surface area contributed by atoms with Gasteiger partial charge in [0.1, 0.15) is 18.0 Å². The van der Waals surface area contributed by atoms with E-state index in [1.807, 2.05) is 11.5 Å². The van der Waals surface area contributed by atoms with Gasteiger partial charge in [0, 0.05) is 25.6 Å². The maximum Gasteiger partial charge on any atom is 0.261 e. The summed E-state index contributed by atoms with van der Waals surface area (Å²) >= 11 is 0. The minimum absolute atomic E-state index is 0.178. The van der Waals surface area contributed by atoms with Crippen LogP contribution in [0.5, 0.6) is 0 Å². The molecule has 0 atom stereocenters. The second-order valence-corrected chi connectivity index (χ2v) is 4.69. The van der Waals surface area contributed by atoms with Gasteiger partial charge in [0.15, 0.2) is 0 Å². The van der Waals surface area contributed by atoms with E-state index in [9.17, 15) is 9.18 Å². The Morgan fingerprint density at radius 1 is 1.24 bits per heavy atom. The summed E-state index contributed by atoms with van der Waals surface area (Å²) in [6, 6.07) is 3.99. The van der Waals surface area contributed by atoms with Crippen molar-refractivity contribution < 1.29 is 4.39 Å². The topological polar surface area (TPSA) is 65.6 Å². The van der Waals surface area contributed by atoms with E-state index in [4.69, 9.17) is 0 Å². The number of nitrogens with zero attached hydrogens (tertiary/aromatic N) is 5. The van der Waals surface area contributed by atoms with Gasteiger partial charge in [-0.05, 0) is 19.1 Å². The Labute approximate surface area is 119 Å². The van der Waals surface area contributed by atoms with E-state index in [0.29, 0.717) is 23.9 Å². The fourth-order valence-electron chi connectivity index (χ4n) is 2.25. The third-order valence-corrected chi connectivity index (χ3v) is 3.40. The first-order valence-electron chi connectivity index (χ1n) is 6.70. The molecular weight excluding hydrogens is 273 g/mol. The third kappa shape index (κ3) is 2.54. The molecule has 21 heavy (non-hydrogen) atoms. The molecule has 0 aliphatic rings. The van der Waals surface area contributed by atoms with E-state index in [1.165, 1.54) is 29.1 Å². The molecule has 3 aromatic rings. The van der Waals surface area contributed by atoms with Gasteiger partial charge in [0.05, 0.1) is 17.2 Å². The van der Waals surface area contributed by atoms with Crippen molar-refractivity contribution in [3.05, 3.63) is 52.8 Å². The molecule has 0 bridgehead atoms. The summed E-state index contributed by atoms with van der Waals surface area (Å²) in [5.41, 5.74) is 0.190. The zero-order valence-corrected chi connectivity index (χ0v) is 11.5. The van der Waals surface area contributed by atoms with Crippen LogP contribution in [0.25, 0.3) is 10.9 Å². The van der Waals surface area contributed by atoms with Crippen molar-refractivity contribution >= 4 is 10.9 Å². The van der Waals surface area contributed by atoms with Crippen LogP contribution in [0.3, 0.4) is 0 Å². The molecule has 0 unspecified atom stereocenters. The van der Waals surface area contributed by atoms with Gasteiger partial charge in [-0.2, -0.15) is 0 Å². The molecule has 3 rings (SSSR count). The van der Waals surface area contributed by atoms with Crippen molar-refractivity contribution in [2.45, 2.75) is 26.4 Å². The number of aryl methyl sites for hydroxylation is 3. The van der Waals surface area contributed by atoms with Crippen molar-refractivity contribution in [2.24, 2.45) is 0 Å². The maximum atomic E-state index is 13.1. The second-order valence-electron chi connectivity index (χ2n) is 4.69. The molecule has 1 aromatic carbocycles.